The molecule has 0 bridgehead atoms. The monoisotopic (exact) mass is 451 g/mol. The van der Waals surface area contributed by atoms with Gasteiger partial charge in [0.15, 0.2) is 0 Å². The Morgan fingerprint density at radius 2 is 1.22 bits per heavy atom. The molecule has 2 amide bonds. The molecule has 140 valence electrons. The fourth-order valence-electron chi connectivity index (χ4n) is 2.09. The Bertz CT molecular complexity index is 788. The summed E-state index contributed by atoms with van der Waals surface area (Å²) >= 11 is 0. The summed E-state index contributed by atoms with van der Waals surface area (Å²) in [6.07, 6.45) is 5.43. The molecule has 0 atom stereocenters. The van der Waals surface area contributed by atoms with Crippen molar-refractivity contribution in [2.24, 2.45) is 11.5 Å². The van der Waals surface area contributed by atoms with Crippen molar-refractivity contribution in [2.45, 2.75) is 12.8 Å². The molecule has 3 aromatic rings. The number of hydrogen-bond donors (Lipinski definition) is 2. The van der Waals surface area contributed by atoms with Gasteiger partial charge in [-0.25, -0.2) is 0 Å². The number of hydrogen-bond acceptors (Lipinski definition) is 5. The van der Waals surface area contributed by atoms with Gasteiger partial charge < -0.3 is 11.5 Å². The maximum atomic E-state index is 9.92. The zero-order chi connectivity index (χ0) is 18.8. The number of amides is 2. The van der Waals surface area contributed by atoms with Crippen molar-refractivity contribution < 1.29 is 29.1 Å². The number of carbonyl (C=O) groups excluding carboxylic acids is 2. The molecule has 0 fully saturated rings. The van der Waals surface area contributed by atoms with Gasteiger partial charge in [0, 0.05) is 56.5 Å². The number of pyridine rings is 3. The van der Waals surface area contributed by atoms with Gasteiger partial charge in [0.05, 0.1) is 17.1 Å². The van der Waals surface area contributed by atoms with Crippen LogP contribution in [0.15, 0.2) is 67.1 Å². The van der Waals surface area contributed by atoms with Crippen LogP contribution in [-0.4, -0.2) is 26.8 Å². The minimum absolute atomic E-state index is 0. The quantitative estimate of drug-likeness (QED) is 0.575. The third-order valence-corrected chi connectivity index (χ3v) is 3.27. The van der Waals surface area contributed by atoms with Gasteiger partial charge >= 0.3 is 0 Å². The van der Waals surface area contributed by atoms with Gasteiger partial charge in [0.1, 0.15) is 0 Å². The second kappa shape index (κ2) is 11.6. The van der Waals surface area contributed by atoms with E-state index < -0.39 is 11.8 Å². The van der Waals surface area contributed by atoms with E-state index in [1.807, 2.05) is 48.5 Å². The summed E-state index contributed by atoms with van der Waals surface area (Å²) in [6, 6.07) is 15.6. The Morgan fingerprint density at radius 3 is 1.70 bits per heavy atom. The average Bonchev–Trinajstić information content (AvgIpc) is 2.68. The van der Waals surface area contributed by atoms with Crippen molar-refractivity contribution in [1.29, 1.82) is 0 Å². The van der Waals surface area contributed by atoms with Gasteiger partial charge in [-0.1, -0.05) is 12.1 Å². The number of primary amides is 2. The van der Waals surface area contributed by atoms with Crippen molar-refractivity contribution in [3.05, 3.63) is 67.1 Å². The number of nitrogens with zero attached hydrogens (tertiary/aromatic N) is 3. The first-order valence-electron chi connectivity index (χ1n) is 7.92. The summed E-state index contributed by atoms with van der Waals surface area (Å²) < 4.78 is 0. The maximum Gasteiger partial charge on any atom is 0.217 e. The van der Waals surface area contributed by atoms with Crippen LogP contribution in [0.2, 0.25) is 0 Å². The Kier molecular flexibility index (Phi) is 9.47. The molecule has 0 unspecified atom stereocenters. The van der Waals surface area contributed by atoms with Crippen molar-refractivity contribution in [1.82, 2.24) is 15.0 Å². The summed E-state index contributed by atoms with van der Waals surface area (Å²) in [5.41, 5.74) is 13.0. The molecule has 27 heavy (non-hydrogen) atoms. The summed E-state index contributed by atoms with van der Waals surface area (Å²) in [6.45, 7) is 0. The molecule has 0 aliphatic rings. The van der Waals surface area contributed by atoms with Crippen molar-refractivity contribution >= 4 is 11.8 Å². The van der Waals surface area contributed by atoms with Crippen molar-refractivity contribution in [3.63, 3.8) is 0 Å². The summed E-state index contributed by atoms with van der Waals surface area (Å²) in [4.78, 5) is 33.0. The van der Waals surface area contributed by atoms with Crippen LogP contribution in [0.3, 0.4) is 0 Å². The number of carbonyl (C=O) groups is 2. The number of aromatic nitrogens is 3. The van der Waals surface area contributed by atoms with Crippen LogP contribution in [0.1, 0.15) is 12.8 Å². The molecule has 0 radical (unpaired) electrons. The first kappa shape index (κ1) is 22.1. The minimum Gasteiger partial charge on any atom is -0.370 e. The fraction of sp³-hybridized carbons (Fsp3) is 0.105. The molecule has 7 nitrogen and oxygen atoms in total. The smallest absolute Gasteiger partial charge is 0.217 e. The molecular formula is C19H19N5O2Ru. The first-order valence-corrected chi connectivity index (χ1v) is 7.92. The van der Waals surface area contributed by atoms with E-state index in [-0.39, 0.29) is 32.3 Å². The SMILES string of the molecule is NC(=O)CCC(N)=O.[Ru].c1ccc(-c2cccnc2-c2ccccn2)nc1. The Morgan fingerprint density at radius 1 is 0.704 bits per heavy atom. The molecule has 0 aromatic carbocycles. The number of rotatable bonds is 5. The first-order chi connectivity index (χ1) is 12.6. The molecule has 0 saturated heterocycles. The molecular weight excluding hydrogens is 431 g/mol. The average molecular weight is 450 g/mol. The van der Waals surface area contributed by atoms with Gasteiger partial charge in [0.2, 0.25) is 11.8 Å². The topological polar surface area (TPSA) is 125 Å². The Hall–Kier alpha value is -2.99. The van der Waals surface area contributed by atoms with Crippen LogP contribution in [0.25, 0.3) is 22.6 Å². The standard InChI is InChI=1S/C15H11N3.C4H8N2O2.Ru/c1-3-9-16-13(7-1)12-6-5-11-18-15(12)14-8-2-4-10-17-14;5-3(7)1-2-4(6)8;/h1-11H;1-2H2,(H2,5,7)(H2,6,8);. The largest absolute Gasteiger partial charge is 0.370 e. The predicted octanol–water partition coefficient (Wildman–Crippen LogP) is 1.94. The second-order valence-electron chi connectivity index (χ2n) is 5.26. The summed E-state index contributed by atoms with van der Waals surface area (Å²) in [7, 11) is 0. The van der Waals surface area contributed by atoms with E-state index in [2.05, 4.69) is 15.0 Å². The Labute approximate surface area is 170 Å². The zero-order valence-electron chi connectivity index (χ0n) is 14.4. The maximum absolute atomic E-state index is 9.92. The molecule has 0 aliphatic heterocycles. The van der Waals surface area contributed by atoms with Crippen LogP contribution in [0, 0.1) is 0 Å². The molecule has 3 rings (SSSR count). The zero-order valence-corrected chi connectivity index (χ0v) is 16.2. The molecule has 3 aromatic heterocycles. The predicted molar refractivity (Wildman–Crippen MR) is 98.3 cm³/mol. The van der Waals surface area contributed by atoms with Crippen LogP contribution in [0.5, 0.6) is 0 Å². The molecule has 3 heterocycles. The molecule has 0 aliphatic carbocycles. The van der Waals surface area contributed by atoms with E-state index >= 15 is 0 Å². The minimum atomic E-state index is -0.496. The molecule has 0 spiro atoms. The molecule has 8 heteroatoms. The third kappa shape index (κ3) is 7.42. The van der Waals surface area contributed by atoms with E-state index in [1.54, 1.807) is 18.6 Å². The summed E-state index contributed by atoms with van der Waals surface area (Å²) in [5.74, 6) is -0.993. The third-order valence-electron chi connectivity index (χ3n) is 3.27. The van der Waals surface area contributed by atoms with Gasteiger partial charge in [0.25, 0.3) is 0 Å². The molecule has 0 saturated carbocycles. The van der Waals surface area contributed by atoms with E-state index in [0.717, 1.165) is 22.6 Å². The van der Waals surface area contributed by atoms with Gasteiger partial charge in [-0.2, -0.15) is 0 Å². The van der Waals surface area contributed by atoms with E-state index in [0.29, 0.717) is 0 Å². The fourth-order valence-corrected chi connectivity index (χ4v) is 2.09. The van der Waals surface area contributed by atoms with Crippen LogP contribution < -0.4 is 11.5 Å². The van der Waals surface area contributed by atoms with E-state index in [1.165, 1.54) is 0 Å². The normalized spacial score (nSPS) is 9.33. The Balaban J connectivity index is 0.000000350. The van der Waals surface area contributed by atoms with Gasteiger partial charge in [-0.15, -0.1) is 0 Å². The van der Waals surface area contributed by atoms with E-state index in [9.17, 15) is 9.59 Å². The van der Waals surface area contributed by atoms with Gasteiger partial charge in [-0.3, -0.25) is 24.5 Å². The van der Waals surface area contributed by atoms with Gasteiger partial charge in [-0.05, 0) is 36.4 Å². The summed E-state index contributed by atoms with van der Waals surface area (Å²) in [5, 5.41) is 0. The van der Waals surface area contributed by atoms with Crippen LogP contribution in [-0.2, 0) is 29.1 Å². The van der Waals surface area contributed by atoms with E-state index in [4.69, 9.17) is 11.5 Å². The molecule has 4 N–H and O–H groups in total. The van der Waals surface area contributed by atoms with Crippen molar-refractivity contribution in [2.75, 3.05) is 0 Å². The van der Waals surface area contributed by atoms with Crippen molar-refractivity contribution in [3.8, 4) is 22.6 Å². The van der Waals surface area contributed by atoms with Crippen LogP contribution >= 0.6 is 0 Å². The second-order valence-corrected chi connectivity index (χ2v) is 5.26. The number of nitrogens with two attached hydrogens (primary N) is 2. The van der Waals surface area contributed by atoms with Crippen LogP contribution in [0.4, 0.5) is 0 Å².